The van der Waals surface area contributed by atoms with Crippen molar-refractivity contribution in [3.05, 3.63) is 59.9 Å². The van der Waals surface area contributed by atoms with E-state index in [4.69, 9.17) is 4.74 Å². The van der Waals surface area contributed by atoms with E-state index in [-0.39, 0.29) is 26.0 Å². The fraction of sp³-hybridized carbons (Fsp3) is 0.462. The lowest BCUT2D eigenvalue weighted by molar-refractivity contribution is -0.148. The van der Waals surface area contributed by atoms with E-state index in [1.807, 2.05) is 12.1 Å². The van der Waals surface area contributed by atoms with Crippen LogP contribution in [0.2, 0.25) is 0 Å². The molecule has 1 amide bonds. The molecule has 0 radical (unpaired) electrons. The number of benzene rings is 2. The van der Waals surface area contributed by atoms with Crippen molar-refractivity contribution in [1.82, 2.24) is 9.62 Å². The smallest absolute Gasteiger partial charge is 0.270 e. The average Bonchev–Trinajstić information content (AvgIpc) is 3.40. The molecule has 3 aliphatic rings. The molecule has 0 aromatic heterocycles. The second-order valence-corrected chi connectivity index (χ2v) is 11.6. The highest BCUT2D eigenvalue weighted by Crippen LogP contribution is 2.56. The number of rotatable bonds is 7. The van der Waals surface area contributed by atoms with Crippen LogP contribution in [-0.4, -0.2) is 56.1 Å². The zero-order valence-corrected chi connectivity index (χ0v) is 20.4. The molecule has 0 unspecified atom stereocenters. The summed E-state index contributed by atoms with van der Waals surface area (Å²) in [5, 5.41) is 9.82. The summed E-state index contributed by atoms with van der Waals surface area (Å²) >= 11 is 0. The summed E-state index contributed by atoms with van der Waals surface area (Å²) in [7, 11) is -4.25. The first-order valence-corrected chi connectivity index (χ1v) is 13.6. The number of amides is 1. The van der Waals surface area contributed by atoms with Crippen molar-refractivity contribution < 1.29 is 26.7 Å². The molecule has 2 saturated heterocycles. The predicted molar refractivity (Wildman–Crippen MR) is 128 cm³/mol. The van der Waals surface area contributed by atoms with E-state index in [1.165, 1.54) is 4.90 Å². The maximum absolute atomic E-state index is 15.7. The number of carbonyl (C=O) groups is 1. The first kappa shape index (κ1) is 24.8. The van der Waals surface area contributed by atoms with Gasteiger partial charge in [-0.25, -0.2) is 21.9 Å². The zero-order valence-electron chi connectivity index (χ0n) is 19.6. The number of likely N-dealkylation sites (tertiary alicyclic amines) is 1. The Hall–Kier alpha value is -2.87. The van der Waals surface area contributed by atoms with E-state index in [0.717, 1.165) is 0 Å². The van der Waals surface area contributed by atoms with Crippen molar-refractivity contribution in [2.75, 3.05) is 19.2 Å². The second-order valence-electron chi connectivity index (χ2n) is 9.92. The maximum atomic E-state index is 15.7. The normalized spacial score (nSPS) is 26.8. The molecule has 3 fully saturated rings. The minimum absolute atomic E-state index is 0.000970. The number of ether oxygens (including phenoxy) is 1. The van der Waals surface area contributed by atoms with Gasteiger partial charge in [0, 0.05) is 36.6 Å². The third-order valence-electron chi connectivity index (χ3n) is 7.67. The Balaban J connectivity index is 1.54. The molecule has 1 N–H and O–H groups in total. The van der Waals surface area contributed by atoms with Gasteiger partial charge in [0.15, 0.2) is 0 Å². The van der Waals surface area contributed by atoms with E-state index in [0.29, 0.717) is 36.0 Å². The first-order chi connectivity index (χ1) is 17.2. The van der Waals surface area contributed by atoms with Crippen molar-refractivity contribution in [2.45, 2.75) is 49.8 Å². The van der Waals surface area contributed by atoms with Crippen LogP contribution in [0.1, 0.15) is 31.2 Å². The monoisotopic (exact) mass is 515 g/mol. The molecule has 1 aliphatic carbocycles. The van der Waals surface area contributed by atoms with E-state index >= 15 is 4.39 Å². The highest BCUT2D eigenvalue weighted by atomic mass is 32.2. The Morgan fingerprint density at radius 1 is 1.17 bits per heavy atom. The molecule has 3 atom stereocenters. The summed E-state index contributed by atoms with van der Waals surface area (Å²) < 4.78 is 61.7. The lowest BCUT2D eigenvalue weighted by Gasteiger charge is -2.33. The molecule has 1 spiro atoms. The number of carbonyl (C=O) groups excluding carboxylic acids is 1. The zero-order chi connectivity index (χ0) is 25.6. The van der Waals surface area contributed by atoms with Crippen LogP contribution in [0.5, 0.6) is 0 Å². The summed E-state index contributed by atoms with van der Waals surface area (Å²) in [4.78, 5) is 15.2. The van der Waals surface area contributed by atoms with Crippen molar-refractivity contribution in [2.24, 2.45) is 5.41 Å². The van der Waals surface area contributed by atoms with Crippen LogP contribution in [0.3, 0.4) is 0 Å². The SMILES string of the molecule is N#C[C@]1(C(=O)N2CC3(CC3)[C@H](NS(=O)(=O)CF)[C@@H]2Cc2cccc(-c3ccccc3)c2F)CCCO1. The highest BCUT2D eigenvalue weighted by molar-refractivity contribution is 7.89. The average molecular weight is 516 g/mol. The lowest BCUT2D eigenvalue weighted by atomic mass is 9.91. The maximum Gasteiger partial charge on any atom is 0.270 e. The van der Waals surface area contributed by atoms with Gasteiger partial charge in [0.2, 0.25) is 21.6 Å². The van der Waals surface area contributed by atoms with E-state index in [2.05, 4.69) is 4.72 Å². The molecule has 7 nitrogen and oxygen atoms in total. The van der Waals surface area contributed by atoms with Gasteiger partial charge in [0.05, 0.1) is 6.04 Å². The molecule has 190 valence electrons. The molecule has 0 bridgehead atoms. The van der Waals surface area contributed by atoms with Gasteiger partial charge in [-0.3, -0.25) is 4.79 Å². The van der Waals surface area contributed by atoms with E-state index < -0.39 is 50.9 Å². The number of nitriles is 1. The molecule has 2 aromatic rings. The Kier molecular flexibility index (Phi) is 6.35. The Morgan fingerprint density at radius 2 is 1.92 bits per heavy atom. The number of sulfonamides is 1. The van der Waals surface area contributed by atoms with Gasteiger partial charge in [-0.05, 0) is 36.8 Å². The second kappa shape index (κ2) is 9.21. The Morgan fingerprint density at radius 3 is 2.53 bits per heavy atom. The molecular formula is C26H27F2N3O4S. The van der Waals surface area contributed by atoms with Crippen LogP contribution < -0.4 is 4.72 Å². The standard InChI is InChI=1S/C26H27F2N3O4S/c27-17-36(33,34)30-23-21(14-19-8-4-9-20(22(19)28)18-6-2-1-3-7-18)31(16-25(23)11-12-25)24(32)26(15-29)10-5-13-35-26/h1-4,6-9,21,23,30H,5,10-14,16-17H2/t21-,23+,26-/m0/s1. The van der Waals surface area contributed by atoms with Crippen LogP contribution in [-0.2, 0) is 26.0 Å². The van der Waals surface area contributed by atoms with Crippen LogP contribution in [0.15, 0.2) is 48.5 Å². The van der Waals surface area contributed by atoms with Crippen LogP contribution in [0.25, 0.3) is 11.1 Å². The quantitative estimate of drug-likeness (QED) is 0.610. The molecule has 2 aromatic carbocycles. The third-order valence-corrected chi connectivity index (χ3v) is 8.57. The van der Waals surface area contributed by atoms with Crippen molar-refractivity contribution in [1.29, 1.82) is 5.26 Å². The molecule has 5 rings (SSSR count). The number of hydrogen-bond donors (Lipinski definition) is 1. The minimum atomic E-state index is -4.25. The first-order valence-electron chi connectivity index (χ1n) is 12.0. The summed E-state index contributed by atoms with van der Waals surface area (Å²) in [5.74, 6) is -1.01. The number of hydrogen-bond acceptors (Lipinski definition) is 5. The number of halogens is 2. The minimum Gasteiger partial charge on any atom is -0.352 e. The summed E-state index contributed by atoms with van der Waals surface area (Å²) in [6, 6.07) is 12.8. The van der Waals surface area contributed by atoms with Crippen molar-refractivity contribution >= 4 is 15.9 Å². The topological polar surface area (TPSA) is 99.5 Å². The van der Waals surface area contributed by atoms with Crippen molar-refractivity contribution in [3.8, 4) is 17.2 Å². The van der Waals surface area contributed by atoms with Gasteiger partial charge >= 0.3 is 0 Å². The lowest BCUT2D eigenvalue weighted by Crippen LogP contribution is -2.54. The highest BCUT2D eigenvalue weighted by Gasteiger charge is 2.63. The summed E-state index contributed by atoms with van der Waals surface area (Å²) in [5.41, 5.74) is -0.844. The Labute approximate surface area is 209 Å². The molecule has 2 heterocycles. The van der Waals surface area contributed by atoms with E-state index in [1.54, 1.807) is 42.5 Å². The van der Waals surface area contributed by atoms with Crippen LogP contribution in [0.4, 0.5) is 8.78 Å². The molecule has 10 heteroatoms. The largest absolute Gasteiger partial charge is 0.352 e. The fourth-order valence-corrected chi connectivity index (χ4v) is 6.49. The number of nitrogens with zero attached hydrogens (tertiary/aromatic N) is 2. The van der Waals surface area contributed by atoms with Crippen LogP contribution >= 0.6 is 0 Å². The van der Waals surface area contributed by atoms with Gasteiger partial charge in [-0.2, -0.15) is 5.26 Å². The van der Waals surface area contributed by atoms with E-state index in [9.17, 15) is 22.9 Å². The fourth-order valence-electron chi connectivity index (χ4n) is 5.63. The van der Waals surface area contributed by atoms with Crippen molar-refractivity contribution in [3.63, 3.8) is 0 Å². The van der Waals surface area contributed by atoms with Crippen LogP contribution in [0, 0.1) is 22.6 Å². The molecule has 1 saturated carbocycles. The third kappa shape index (κ3) is 4.29. The molecule has 36 heavy (non-hydrogen) atoms. The van der Waals surface area contributed by atoms with Gasteiger partial charge in [0.1, 0.15) is 11.9 Å². The summed E-state index contributed by atoms with van der Waals surface area (Å²) in [6.07, 6.45) is 2.06. The predicted octanol–water partition coefficient (Wildman–Crippen LogP) is 3.31. The number of nitrogens with one attached hydrogen (secondary N) is 1. The molecular weight excluding hydrogens is 488 g/mol. The molecule has 2 aliphatic heterocycles. The number of alkyl halides is 1. The van der Waals surface area contributed by atoms with Gasteiger partial charge in [-0.1, -0.05) is 48.5 Å². The van der Waals surface area contributed by atoms with Gasteiger partial charge in [0.25, 0.3) is 5.91 Å². The van der Waals surface area contributed by atoms with Gasteiger partial charge < -0.3 is 9.64 Å². The summed E-state index contributed by atoms with van der Waals surface area (Å²) in [6.45, 7) is 0.470. The Bertz CT molecular complexity index is 1300. The van der Waals surface area contributed by atoms with Gasteiger partial charge in [-0.15, -0.1) is 0 Å².